The molecule has 28 heavy (non-hydrogen) atoms. The van der Waals surface area contributed by atoms with Crippen molar-refractivity contribution in [1.82, 2.24) is 0 Å². The molecule has 7 heteroatoms. The number of rotatable bonds is 6. The zero-order chi connectivity index (χ0) is 20.3. The number of hydrogen-bond donors (Lipinski definition) is 1. The van der Waals surface area contributed by atoms with Crippen LogP contribution < -0.4 is 10.1 Å². The van der Waals surface area contributed by atoms with E-state index in [1.165, 1.54) is 13.2 Å². The van der Waals surface area contributed by atoms with Gasteiger partial charge in [-0.3, -0.25) is 5.32 Å². The van der Waals surface area contributed by atoms with Crippen LogP contribution in [0.3, 0.4) is 0 Å². The standard InChI is InChI=1S/C21H22F3NO3/c1-3-13-7-10-19(17(11-13)21(22,23)24)28-12-16-15(14-8-9-14)5-4-6-18(16)25-20(26)27-2/h4-7,10-11,14H,3,8-9,12H2,1-2H3,(H,25,26). The highest BCUT2D eigenvalue weighted by Crippen LogP contribution is 2.44. The molecule has 0 radical (unpaired) electrons. The Labute approximate surface area is 161 Å². The van der Waals surface area contributed by atoms with E-state index in [0.717, 1.165) is 24.5 Å². The van der Waals surface area contributed by atoms with Crippen LogP contribution in [0, 0.1) is 0 Å². The summed E-state index contributed by atoms with van der Waals surface area (Å²) in [6.45, 7) is 1.72. The molecular formula is C21H22F3NO3. The van der Waals surface area contributed by atoms with Crippen LogP contribution in [0.2, 0.25) is 0 Å². The smallest absolute Gasteiger partial charge is 0.419 e. The van der Waals surface area contributed by atoms with Gasteiger partial charge in [-0.05, 0) is 54.5 Å². The molecule has 0 unspecified atom stereocenters. The van der Waals surface area contributed by atoms with E-state index in [4.69, 9.17) is 4.74 Å². The molecule has 4 nitrogen and oxygen atoms in total. The number of alkyl halides is 3. The van der Waals surface area contributed by atoms with E-state index in [2.05, 4.69) is 10.1 Å². The van der Waals surface area contributed by atoms with Crippen molar-refractivity contribution >= 4 is 11.8 Å². The molecule has 1 N–H and O–H groups in total. The van der Waals surface area contributed by atoms with Crippen molar-refractivity contribution in [3.05, 3.63) is 58.7 Å². The third kappa shape index (κ3) is 4.58. The lowest BCUT2D eigenvalue weighted by atomic mass is 10.0. The molecular weight excluding hydrogens is 371 g/mol. The van der Waals surface area contributed by atoms with Crippen LogP contribution >= 0.6 is 0 Å². The van der Waals surface area contributed by atoms with Gasteiger partial charge >= 0.3 is 12.3 Å². The van der Waals surface area contributed by atoms with Crippen molar-refractivity contribution in [3.63, 3.8) is 0 Å². The average molecular weight is 393 g/mol. The molecule has 0 aliphatic heterocycles. The second-order valence-electron chi connectivity index (χ2n) is 6.73. The minimum Gasteiger partial charge on any atom is -0.488 e. The van der Waals surface area contributed by atoms with E-state index in [9.17, 15) is 18.0 Å². The van der Waals surface area contributed by atoms with Crippen molar-refractivity contribution in [2.24, 2.45) is 0 Å². The number of carbonyl (C=O) groups excluding carboxylic acids is 1. The van der Waals surface area contributed by atoms with E-state index < -0.39 is 17.8 Å². The lowest BCUT2D eigenvalue weighted by molar-refractivity contribution is -0.139. The number of methoxy groups -OCH3 is 1. The Morgan fingerprint density at radius 1 is 1.21 bits per heavy atom. The highest BCUT2D eigenvalue weighted by atomic mass is 19.4. The Morgan fingerprint density at radius 2 is 1.96 bits per heavy atom. The number of nitrogens with one attached hydrogen (secondary N) is 1. The summed E-state index contributed by atoms with van der Waals surface area (Å²) in [5.41, 5.74) is 1.93. The van der Waals surface area contributed by atoms with Crippen LogP contribution in [0.25, 0.3) is 0 Å². The second-order valence-corrected chi connectivity index (χ2v) is 6.73. The predicted octanol–water partition coefficient (Wildman–Crippen LogP) is 5.90. The van der Waals surface area contributed by atoms with Crippen molar-refractivity contribution in [2.75, 3.05) is 12.4 Å². The second kappa shape index (κ2) is 8.12. The van der Waals surface area contributed by atoms with Crippen LogP contribution in [0.4, 0.5) is 23.7 Å². The molecule has 0 spiro atoms. The molecule has 0 bridgehead atoms. The molecule has 1 amide bonds. The van der Waals surface area contributed by atoms with Crippen LogP contribution in [0.5, 0.6) is 5.75 Å². The molecule has 2 aromatic rings. The topological polar surface area (TPSA) is 47.6 Å². The summed E-state index contributed by atoms with van der Waals surface area (Å²) in [7, 11) is 1.25. The summed E-state index contributed by atoms with van der Waals surface area (Å²) in [6.07, 6.45) is -2.64. The van der Waals surface area contributed by atoms with Crippen molar-refractivity contribution in [2.45, 2.75) is 44.9 Å². The summed E-state index contributed by atoms with van der Waals surface area (Å²) >= 11 is 0. The minimum atomic E-state index is -4.51. The fourth-order valence-electron chi connectivity index (χ4n) is 3.12. The zero-order valence-electron chi connectivity index (χ0n) is 15.7. The first-order valence-corrected chi connectivity index (χ1v) is 9.13. The van der Waals surface area contributed by atoms with Crippen molar-refractivity contribution in [1.29, 1.82) is 0 Å². The fraction of sp³-hybridized carbons (Fsp3) is 0.381. The third-order valence-corrected chi connectivity index (χ3v) is 4.78. The molecule has 1 aliphatic rings. The first-order valence-electron chi connectivity index (χ1n) is 9.13. The molecule has 1 fully saturated rings. The number of amides is 1. The fourth-order valence-corrected chi connectivity index (χ4v) is 3.12. The van der Waals surface area contributed by atoms with Gasteiger partial charge in [0.15, 0.2) is 0 Å². The predicted molar refractivity (Wildman–Crippen MR) is 99.6 cm³/mol. The Morgan fingerprint density at radius 3 is 2.57 bits per heavy atom. The first kappa shape index (κ1) is 20.0. The Bertz CT molecular complexity index is 860. The molecule has 0 heterocycles. The maximum absolute atomic E-state index is 13.5. The number of ether oxygens (including phenoxy) is 2. The maximum Gasteiger partial charge on any atom is 0.419 e. The van der Waals surface area contributed by atoms with Gasteiger partial charge in [-0.2, -0.15) is 13.2 Å². The van der Waals surface area contributed by atoms with E-state index in [1.807, 2.05) is 6.07 Å². The third-order valence-electron chi connectivity index (χ3n) is 4.78. The highest BCUT2D eigenvalue weighted by Gasteiger charge is 2.35. The summed E-state index contributed by atoms with van der Waals surface area (Å²) in [6, 6.07) is 9.52. The van der Waals surface area contributed by atoms with Gasteiger partial charge in [0.05, 0.1) is 18.4 Å². The SMILES string of the molecule is CCc1ccc(OCc2c(NC(=O)OC)cccc2C2CC2)c(C(F)(F)F)c1. The number of benzene rings is 2. The van der Waals surface area contributed by atoms with Crippen molar-refractivity contribution < 1.29 is 27.4 Å². The Kier molecular flexibility index (Phi) is 5.82. The van der Waals surface area contributed by atoms with Gasteiger partial charge in [0.25, 0.3) is 0 Å². The van der Waals surface area contributed by atoms with Gasteiger partial charge < -0.3 is 9.47 Å². The number of halogens is 3. The molecule has 2 aromatic carbocycles. The summed E-state index contributed by atoms with van der Waals surface area (Å²) in [5.74, 6) is 0.113. The first-order chi connectivity index (χ1) is 13.3. The zero-order valence-corrected chi connectivity index (χ0v) is 15.7. The van der Waals surface area contributed by atoms with Crippen LogP contribution in [0.15, 0.2) is 36.4 Å². The summed E-state index contributed by atoms with van der Waals surface area (Å²) in [4.78, 5) is 11.6. The number of anilines is 1. The normalized spacial score (nSPS) is 13.9. The van der Waals surface area contributed by atoms with Crippen LogP contribution in [0.1, 0.15) is 47.9 Å². The summed E-state index contributed by atoms with van der Waals surface area (Å²) in [5, 5.41) is 2.62. The monoisotopic (exact) mass is 393 g/mol. The van der Waals surface area contributed by atoms with Crippen LogP contribution in [-0.4, -0.2) is 13.2 Å². The maximum atomic E-state index is 13.5. The van der Waals surface area contributed by atoms with Gasteiger partial charge in [0, 0.05) is 5.56 Å². The van der Waals surface area contributed by atoms with Crippen molar-refractivity contribution in [3.8, 4) is 5.75 Å². The molecule has 3 rings (SSSR count). The number of aryl methyl sites for hydroxylation is 1. The number of carbonyl (C=O) groups is 1. The van der Waals surface area contributed by atoms with Gasteiger partial charge in [-0.25, -0.2) is 4.79 Å². The van der Waals surface area contributed by atoms with Gasteiger partial charge in [-0.1, -0.05) is 25.1 Å². The van der Waals surface area contributed by atoms with Gasteiger partial charge in [0.1, 0.15) is 12.4 Å². The van der Waals surface area contributed by atoms with Gasteiger partial charge in [-0.15, -0.1) is 0 Å². The molecule has 0 saturated heterocycles. The summed E-state index contributed by atoms with van der Waals surface area (Å²) < 4.78 is 50.6. The minimum absolute atomic E-state index is 0.0828. The molecule has 0 aromatic heterocycles. The lowest BCUT2D eigenvalue weighted by Gasteiger charge is -2.18. The molecule has 150 valence electrons. The largest absolute Gasteiger partial charge is 0.488 e. The van der Waals surface area contributed by atoms with Crippen LogP contribution in [-0.2, 0) is 23.9 Å². The Balaban J connectivity index is 1.91. The Hall–Kier alpha value is -2.70. The quantitative estimate of drug-likeness (QED) is 0.664. The average Bonchev–Trinajstić information content (AvgIpc) is 3.51. The lowest BCUT2D eigenvalue weighted by Crippen LogP contribution is -2.15. The number of hydrogen-bond acceptors (Lipinski definition) is 3. The highest BCUT2D eigenvalue weighted by molar-refractivity contribution is 5.86. The van der Waals surface area contributed by atoms with E-state index in [0.29, 0.717) is 29.2 Å². The van der Waals surface area contributed by atoms with Gasteiger partial charge in [0.2, 0.25) is 0 Å². The molecule has 1 aliphatic carbocycles. The van der Waals surface area contributed by atoms with E-state index in [1.54, 1.807) is 25.1 Å². The molecule has 0 atom stereocenters. The van der Waals surface area contributed by atoms with E-state index >= 15 is 0 Å². The van der Waals surface area contributed by atoms with E-state index in [-0.39, 0.29) is 12.4 Å². The molecule has 1 saturated carbocycles.